The molecule has 170 valence electrons. The van der Waals surface area contributed by atoms with Gasteiger partial charge >= 0.3 is 0 Å². The van der Waals surface area contributed by atoms with E-state index >= 15 is 0 Å². The average molecular weight is 430 g/mol. The Balaban J connectivity index is 1.21. The van der Waals surface area contributed by atoms with Crippen LogP contribution in [-0.4, -0.2) is 76.2 Å². The van der Waals surface area contributed by atoms with Crippen molar-refractivity contribution < 1.29 is 19.2 Å². The number of benzene rings is 1. The molecule has 1 unspecified atom stereocenters. The van der Waals surface area contributed by atoms with Crippen molar-refractivity contribution in [1.29, 1.82) is 0 Å². The van der Waals surface area contributed by atoms with E-state index in [0.29, 0.717) is 6.54 Å². The van der Waals surface area contributed by atoms with E-state index in [4.69, 9.17) is 4.74 Å². The van der Waals surface area contributed by atoms with E-state index in [1.807, 2.05) is 24.3 Å². The molecule has 2 amide bonds. The second-order valence-electron chi connectivity index (χ2n) is 9.42. The van der Waals surface area contributed by atoms with E-state index < -0.39 is 0 Å². The van der Waals surface area contributed by atoms with Crippen molar-refractivity contribution in [2.45, 2.75) is 32.1 Å². The Bertz CT molecular complexity index is 748. The van der Waals surface area contributed by atoms with Crippen molar-refractivity contribution in [3.63, 3.8) is 0 Å². The lowest BCUT2D eigenvalue weighted by Gasteiger charge is -2.38. The maximum Gasteiger partial charge on any atom is 0.277 e. The third kappa shape index (κ3) is 5.98. The highest BCUT2D eigenvalue weighted by molar-refractivity contribution is 5.94. The number of nitrogens with zero attached hydrogens (tertiary/aromatic N) is 2. The molecule has 3 atom stereocenters. The van der Waals surface area contributed by atoms with Crippen molar-refractivity contribution in [2.75, 3.05) is 69.7 Å². The van der Waals surface area contributed by atoms with Crippen molar-refractivity contribution >= 4 is 23.2 Å². The molecule has 1 aromatic rings. The number of carbonyl (C=O) groups is 2. The van der Waals surface area contributed by atoms with Crippen LogP contribution in [0.5, 0.6) is 0 Å². The lowest BCUT2D eigenvalue weighted by Crippen LogP contribution is -3.15. The van der Waals surface area contributed by atoms with Crippen molar-refractivity contribution in [3.05, 3.63) is 24.3 Å². The molecule has 1 saturated carbocycles. The van der Waals surface area contributed by atoms with E-state index in [0.717, 1.165) is 62.6 Å². The van der Waals surface area contributed by atoms with Gasteiger partial charge in [0, 0.05) is 37.4 Å². The molecule has 0 bridgehead atoms. The van der Waals surface area contributed by atoms with E-state index in [9.17, 15) is 9.59 Å². The fourth-order valence-electron chi connectivity index (χ4n) is 5.39. The smallest absolute Gasteiger partial charge is 0.277 e. The van der Waals surface area contributed by atoms with Crippen LogP contribution >= 0.6 is 0 Å². The van der Waals surface area contributed by atoms with Crippen LogP contribution in [0, 0.1) is 11.8 Å². The van der Waals surface area contributed by atoms with Crippen LogP contribution in [-0.2, 0) is 14.3 Å². The summed E-state index contributed by atoms with van der Waals surface area (Å²) in [6, 6.07) is 7.88. The van der Waals surface area contributed by atoms with Crippen LogP contribution in [0.25, 0.3) is 0 Å². The van der Waals surface area contributed by atoms with Crippen molar-refractivity contribution in [2.24, 2.45) is 11.8 Å². The highest BCUT2D eigenvalue weighted by atomic mass is 16.5. The maximum absolute atomic E-state index is 12.7. The topological polar surface area (TPSA) is 66.3 Å². The summed E-state index contributed by atoms with van der Waals surface area (Å²) in [5.41, 5.74) is 1.89. The molecule has 2 saturated heterocycles. The molecule has 4 rings (SSSR count). The van der Waals surface area contributed by atoms with Crippen molar-refractivity contribution in [3.8, 4) is 0 Å². The summed E-state index contributed by atoms with van der Waals surface area (Å²) in [6.07, 6.45) is 6.67. The molecule has 0 spiro atoms. The number of likely N-dealkylation sites (tertiary alicyclic amines) is 1. The first-order valence-electron chi connectivity index (χ1n) is 11.9. The zero-order chi connectivity index (χ0) is 21.6. The quantitative estimate of drug-likeness (QED) is 0.709. The largest absolute Gasteiger partial charge is 0.378 e. The average Bonchev–Trinajstić information content (AvgIpc) is 2.80. The van der Waals surface area contributed by atoms with Gasteiger partial charge in [-0.1, -0.05) is 12.8 Å². The fraction of sp³-hybridized carbons (Fsp3) is 0.667. The Labute approximate surface area is 185 Å². The van der Waals surface area contributed by atoms with Gasteiger partial charge in [0.25, 0.3) is 5.91 Å². The summed E-state index contributed by atoms with van der Waals surface area (Å²) >= 11 is 0. The van der Waals surface area contributed by atoms with Gasteiger partial charge in [0.05, 0.1) is 32.8 Å². The summed E-state index contributed by atoms with van der Waals surface area (Å²) in [5, 5.41) is 2.92. The number of ether oxygens (including phenoxy) is 1. The molecule has 1 aromatic carbocycles. The third-order valence-electron chi connectivity index (χ3n) is 7.22. The number of fused-ring (bicyclic) bond motifs is 1. The van der Waals surface area contributed by atoms with Crippen molar-refractivity contribution in [1.82, 2.24) is 4.90 Å². The van der Waals surface area contributed by atoms with E-state index in [1.165, 1.54) is 37.0 Å². The first kappa shape index (κ1) is 22.1. The number of quaternary nitrogens is 1. The van der Waals surface area contributed by atoms with Crippen LogP contribution in [0.4, 0.5) is 11.4 Å². The minimum absolute atomic E-state index is 0.0575. The van der Waals surface area contributed by atoms with Gasteiger partial charge in [-0.3, -0.25) is 9.59 Å². The predicted octanol–water partition coefficient (Wildman–Crippen LogP) is 1.02. The maximum atomic E-state index is 12.7. The van der Waals surface area contributed by atoms with Crippen LogP contribution in [0.1, 0.15) is 32.1 Å². The molecule has 0 aromatic heterocycles. The van der Waals surface area contributed by atoms with Gasteiger partial charge in [-0.15, -0.1) is 0 Å². The zero-order valence-corrected chi connectivity index (χ0v) is 18.8. The number of morpholine rings is 1. The van der Waals surface area contributed by atoms with Crippen LogP contribution < -0.4 is 15.1 Å². The number of anilines is 2. The standard InChI is InChI=1S/C24H36N4O3/c1-26(24(30)18-27-11-10-19-4-2-3-5-20(19)16-27)17-23(29)25-21-6-8-22(9-7-21)28-12-14-31-15-13-28/h6-9,19-20H,2-5,10-18H2,1H3,(H,25,29)/p+1/t19-,20+/m0/s1. The highest BCUT2D eigenvalue weighted by Crippen LogP contribution is 2.32. The van der Waals surface area contributed by atoms with Gasteiger partial charge in [0.2, 0.25) is 5.91 Å². The minimum atomic E-state index is -0.157. The number of carbonyl (C=O) groups excluding carboxylic acids is 2. The molecule has 7 heteroatoms. The molecule has 2 heterocycles. The summed E-state index contributed by atoms with van der Waals surface area (Å²) in [5.74, 6) is 1.57. The first-order chi connectivity index (χ1) is 15.1. The Morgan fingerprint density at radius 1 is 1.10 bits per heavy atom. The van der Waals surface area contributed by atoms with Gasteiger partial charge in [-0.2, -0.15) is 0 Å². The SMILES string of the molecule is CN(CC(=O)Nc1ccc(N2CCOCC2)cc1)C(=O)C[NH+]1CC[C@@H]2CCCC[C@@H]2C1. The number of amides is 2. The molecule has 31 heavy (non-hydrogen) atoms. The number of hydrogen-bond acceptors (Lipinski definition) is 4. The molecular formula is C24H37N4O3+. The molecule has 1 aliphatic carbocycles. The molecular weight excluding hydrogens is 392 g/mol. The van der Waals surface area contributed by atoms with Gasteiger partial charge in [-0.05, 0) is 49.4 Å². The number of rotatable bonds is 6. The summed E-state index contributed by atoms with van der Waals surface area (Å²) in [6.45, 7) is 6.06. The van der Waals surface area contributed by atoms with Gasteiger partial charge < -0.3 is 24.8 Å². The first-order valence-corrected chi connectivity index (χ1v) is 11.9. The summed E-state index contributed by atoms with van der Waals surface area (Å²) in [4.78, 5) is 30.4. The monoisotopic (exact) mass is 429 g/mol. The lowest BCUT2D eigenvalue weighted by atomic mass is 9.75. The Hall–Kier alpha value is -2.12. The lowest BCUT2D eigenvalue weighted by molar-refractivity contribution is -0.903. The molecule has 7 nitrogen and oxygen atoms in total. The summed E-state index contributed by atoms with van der Waals surface area (Å²) in [7, 11) is 1.73. The minimum Gasteiger partial charge on any atom is -0.378 e. The number of nitrogens with one attached hydrogen (secondary N) is 2. The zero-order valence-electron chi connectivity index (χ0n) is 18.8. The summed E-state index contributed by atoms with van der Waals surface area (Å²) < 4.78 is 5.39. The number of likely N-dealkylation sites (N-methyl/N-ethyl adjacent to an activating group) is 1. The van der Waals surface area contributed by atoms with Gasteiger partial charge in [0.15, 0.2) is 6.54 Å². The third-order valence-corrected chi connectivity index (χ3v) is 7.22. The van der Waals surface area contributed by atoms with Crippen LogP contribution in [0.15, 0.2) is 24.3 Å². The highest BCUT2D eigenvalue weighted by Gasteiger charge is 2.34. The number of hydrogen-bond donors (Lipinski definition) is 2. The Morgan fingerprint density at radius 3 is 2.55 bits per heavy atom. The molecule has 3 fully saturated rings. The fourth-order valence-corrected chi connectivity index (χ4v) is 5.39. The van der Waals surface area contributed by atoms with Crippen LogP contribution in [0.3, 0.4) is 0 Å². The van der Waals surface area contributed by atoms with Gasteiger partial charge in [-0.25, -0.2) is 0 Å². The van der Waals surface area contributed by atoms with E-state index in [2.05, 4.69) is 10.2 Å². The van der Waals surface area contributed by atoms with E-state index in [-0.39, 0.29) is 18.4 Å². The molecule has 0 radical (unpaired) electrons. The van der Waals surface area contributed by atoms with E-state index in [1.54, 1.807) is 11.9 Å². The number of piperidine rings is 1. The molecule has 2 N–H and O–H groups in total. The Kier molecular flexibility index (Phi) is 7.45. The Morgan fingerprint density at radius 2 is 1.81 bits per heavy atom. The van der Waals surface area contributed by atoms with Gasteiger partial charge in [0.1, 0.15) is 0 Å². The normalized spacial score (nSPS) is 26.1. The predicted molar refractivity (Wildman–Crippen MR) is 121 cm³/mol. The second-order valence-corrected chi connectivity index (χ2v) is 9.42. The second kappa shape index (κ2) is 10.5. The molecule has 2 aliphatic heterocycles. The van der Waals surface area contributed by atoms with Crippen LogP contribution in [0.2, 0.25) is 0 Å². The molecule has 3 aliphatic rings.